The van der Waals surface area contributed by atoms with Crippen molar-refractivity contribution in [3.05, 3.63) is 46.3 Å². The number of nitrogens with two attached hydrogens (primary N) is 1. The maximum Gasteiger partial charge on any atom is 0.420 e. The highest BCUT2D eigenvalue weighted by Crippen LogP contribution is 2.34. The number of alkyl halides is 3. The number of halogens is 4. The molecule has 2 rings (SSSR count). The van der Waals surface area contributed by atoms with Crippen LogP contribution in [0.4, 0.5) is 13.2 Å². The summed E-state index contributed by atoms with van der Waals surface area (Å²) >= 11 is 2.95. The molecule has 0 aromatic carbocycles. The summed E-state index contributed by atoms with van der Waals surface area (Å²) in [5.74, 6) is -0.667. The van der Waals surface area contributed by atoms with E-state index in [1.807, 2.05) is 0 Å². The third kappa shape index (κ3) is 2.62. The van der Waals surface area contributed by atoms with Gasteiger partial charge in [-0.15, -0.1) is 0 Å². The molecule has 0 saturated carbocycles. The summed E-state index contributed by atoms with van der Waals surface area (Å²) in [6, 6.07) is 3.80. The Morgan fingerprint density at radius 1 is 1.45 bits per heavy atom. The molecule has 0 unspecified atom stereocenters. The van der Waals surface area contributed by atoms with Gasteiger partial charge in [0.05, 0.1) is 11.3 Å². The van der Waals surface area contributed by atoms with Crippen LogP contribution in [0.2, 0.25) is 0 Å². The molecule has 20 heavy (non-hydrogen) atoms. The third-order valence-corrected chi connectivity index (χ3v) is 2.92. The summed E-state index contributed by atoms with van der Waals surface area (Å²) in [7, 11) is 0. The molecule has 0 fully saturated rings. The van der Waals surface area contributed by atoms with Gasteiger partial charge in [-0.3, -0.25) is 4.57 Å². The Morgan fingerprint density at radius 2 is 2.15 bits per heavy atom. The van der Waals surface area contributed by atoms with Crippen molar-refractivity contribution in [2.45, 2.75) is 6.18 Å². The molecule has 0 saturated heterocycles. The lowest BCUT2D eigenvalue weighted by molar-refractivity contribution is -0.137. The first-order valence-corrected chi connectivity index (χ1v) is 6.02. The molecule has 0 aliphatic carbocycles. The predicted molar refractivity (Wildman–Crippen MR) is 68.8 cm³/mol. The van der Waals surface area contributed by atoms with Crippen molar-refractivity contribution in [1.82, 2.24) is 9.55 Å². The molecule has 3 N–H and O–H groups in total. The minimum absolute atomic E-state index is 0.104. The number of hydrogen-bond donors (Lipinski definition) is 2. The van der Waals surface area contributed by atoms with Crippen LogP contribution in [0.15, 0.2) is 40.2 Å². The molecule has 9 heteroatoms. The van der Waals surface area contributed by atoms with Crippen molar-refractivity contribution in [3.8, 4) is 5.82 Å². The van der Waals surface area contributed by atoms with Gasteiger partial charge in [0.15, 0.2) is 5.84 Å². The highest BCUT2D eigenvalue weighted by atomic mass is 79.9. The van der Waals surface area contributed by atoms with E-state index in [1.165, 1.54) is 24.5 Å². The quantitative estimate of drug-likeness (QED) is 0.379. The van der Waals surface area contributed by atoms with Crippen LogP contribution in [0, 0.1) is 0 Å². The average Bonchev–Trinajstić information content (AvgIpc) is 2.85. The first-order chi connectivity index (χ1) is 9.34. The van der Waals surface area contributed by atoms with Crippen LogP contribution in [0.25, 0.3) is 5.82 Å². The smallest absolute Gasteiger partial charge is 0.409 e. The fraction of sp³-hybridized carbons (Fsp3) is 0.0909. The molecule has 5 nitrogen and oxygen atoms in total. The Morgan fingerprint density at radius 3 is 2.75 bits per heavy atom. The summed E-state index contributed by atoms with van der Waals surface area (Å²) in [6.07, 6.45) is -2.00. The summed E-state index contributed by atoms with van der Waals surface area (Å²) in [6.45, 7) is 0. The summed E-state index contributed by atoms with van der Waals surface area (Å²) in [5.41, 5.74) is 4.60. The second-order valence-corrected chi connectivity index (χ2v) is 4.69. The first-order valence-electron chi connectivity index (χ1n) is 5.23. The van der Waals surface area contributed by atoms with Crippen molar-refractivity contribution in [2.24, 2.45) is 10.9 Å². The van der Waals surface area contributed by atoms with Crippen LogP contribution in [0.3, 0.4) is 0 Å². The number of amidine groups is 1. The zero-order valence-corrected chi connectivity index (χ0v) is 11.4. The van der Waals surface area contributed by atoms with Gasteiger partial charge in [0, 0.05) is 16.9 Å². The molecule has 2 aromatic heterocycles. The number of rotatable bonds is 2. The largest absolute Gasteiger partial charge is 0.420 e. The van der Waals surface area contributed by atoms with E-state index >= 15 is 0 Å². The molecule has 2 aromatic rings. The first kappa shape index (κ1) is 14.4. The van der Waals surface area contributed by atoms with Crippen molar-refractivity contribution in [2.75, 3.05) is 0 Å². The normalized spacial score (nSPS) is 12.7. The Hall–Kier alpha value is -2.03. The van der Waals surface area contributed by atoms with Gasteiger partial charge < -0.3 is 10.9 Å². The van der Waals surface area contributed by atoms with Gasteiger partial charge in [-0.05, 0) is 34.1 Å². The van der Waals surface area contributed by atoms with E-state index in [4.69, 9.17) is 10.9 Å². The third-order valence-electron chi connectivity index (χ3n) is 2.49. The SMILES string of the molecule is N/C(=N/O)c1cccn1-c1ncc(Br)cc1C(F)(F)F. The van der Waals surface area contributed by atoms with Gasteiger partial charge in [0.25, 0.3) is 0 Å². The van der Waals surface area contributed by atoms with Gasteiger partial charge in [-0.25, -0.2) is 4.98 Å². The standard InChI is InChI=1S/C11H8BrF3N4O/c12-6-4-7(11(13,14)15)10(17-5-6)19-3-1-2-8(19)9(16)18-20/h1-5,20H,(H2,16,18). The van der Waals surface area contributed by atoms with E-state index < -0.39 is 11.7 Å². The van der Waals surface area contributed by atoms with Gasteiger partial charge in [0.1, 0.15) is 5.82 Å². The van der Waals surface area contributed by atoms with E-state index in [2.05, 4.69) is 26.1 Å². The van der Waals surface area contributed by atoms with E-state index in [0.717, 1.165) is 10.6 Å². The van der Waals surface area contributed by atoms with Crippen LogP contribution in [0.1, 0.15) is 11.3 Å². The zero-order valence-electron chi connectivity index (χ0n) is 9.76. The van der Waals surface area contributed by atoms with Gasteiger partial charge in [-0.2, -0.15) is 13.2 Å². The van der Waals surface area contributed by atoms with Crippen molar-refractivity contribution >= 4 is 21.8 Å². The molecule has 2 heterocycles. The molecular formula is C11H8BrF3N4O. The van der Waals surface area contributed by atoms with Crippen LogP contribution in [-0.2, 0) is 6.18 Å². The maximum atomic E-state index is 13.0. The second-order valence-electron chi connectivity index (χ2n) is 3.77. The summed E-state index contributed by atoms with van der Waals surface area (Å²) in [5, 5.41) is 11.4. The molecule has 0 spiro atoms. The lowest BCUT2D eigenvalue weighted by Gasteiger charge is -2.14. The van der Waals surface area contributed by atoms with Gasteiger partial charge in [0.2, 0.25) is 0 Å². The zero-order chi connectivity index (χ0) is 14.9. The average molecular weight is 349 g/mol. The molecular weight excluding hydrogens is 341 g/mol. The summed E-state index contributed by atoms with van der Waals surface area (Å²) in [4.78, 5) is 3.77. The highest BCUT2D eigenvalue weighted by Gasteiger charge is 2.35. The number of pyridine rings is 1. The molecule has 0 aliphatic rings. The van der Waals surface area contributed by atoms with E-state index in [-0.39, 0.29) is 21.8 Å². The minimum atomic E-state index is -4.58. The second kappa shape index (κ2) is 5.16. The highest BCUT2D eigenvalue weighted by molar-refractivity contribution is 9.10. The van der Waals surface area contributed by atoms with E-state index in [0.29, 0.717) is 0 Å². The molecule has 0 aliphatic heterocycles. The number of hydrogen-bond acceptors (Lipinski definition) is 3. The summed E-state index contributed by atoms with van der Waals surface area (Å²) < 4.78 is 40.5. The number of aromatic nitrogens is 2. The monoisotopic (exact) mass is 348 g/mol. The lowest BCUT2D eigenvalue weighted by Crippen LogP contribution is -2.20. The lowest BCUT2D eigenvalue weighted by atomic mass is 10.2. The topological polar surface area (TPSA) is 76.4 Å². The van der Waals surface area contributed by atoms with Crippen LogP contribution in [0.5, 0.6) is 0 Å². The van der Waals surface area contributed by atoms with Crippen molar-refractivity contribution < 1.29 is 18.4 Å². The predicted octanol–water partition coefficient (Wildman–Crippen LogP) is 2.75. The van der Waals surface area contributed by atoms with Gasteiger partial charge in [-0.1, -0.05) is 5.16 Å². The van der Waals surface area contributed by atoms with Crippen LogP contribution >= 0.6 is 15.9 Å². The molecule has 0 atom stereocenters. The fourth-order valence-corrected chi connectivity index (χ4v) is 1.99. The van der Waals surface area contributed by atoms with Crippen molar-refractivity contribution in [3.63, 3.8) is 0 Å². The Bertz CT molecular complexity index is 666. The maximum absolute atomic E-state index is 13.0. The fourth-order valence-electron chi connectivity index (χ4n) is 1.66. The number of nitrogens with zero attached hydrogens (tertiary/aromatic N) is 3. The molecule has 0 amide bonds. The van der Waals surface area contributed by atoms with Crippen LogP contribution in [-0.4, -0.2) is 20.6 Å². The van der Waals surface area contributed by atoms with Gasteiger partial charge >= 0.3 is 6.18 Å². The van der Waals surface area contributed by atoms with E-state index in [1.54, 1.807) is 0 Å². The van der Waals surface area contributed by atoms with E-state index in [9.17, 15) is 13.2 Å². The Balaban J connectivity index is 2.68. The molecule has 0 radical (unpaired) electrons. The Kier molecular flexibility index (Phi) is 3.71. The molecule has 106 valence electrons. The number of oxime groups is 1. The minimum Gasteiger partial charge on any atom is -0.409 e. The van der Waals surface area contributed by atoms with Crippen molar-refractivity contribution in [1.29, 1.82) is 0 Å². The molecule has 0 bridgehead atoms. The van der Waals surface area contributed by atoms with Crippen LogP contribution < -0.4 is 5.73 Å². The Labute approximate surface area is 119 Å².